The maximum atomic E-state index is 11.8. The van der Waals surface area contributed by atoms with Crippen LogP contribution in [0.2, 0.25) is 0 Å². The third-order valence-electron chi connectivity index (χ3n) is 2.84. The third-order valence-corrected chi connectivity index (χ3v) is 2.84. The number of rotatable bonds is 6. The largest absolute Gasteiger partial charge is 0.399 e. The van der Waals surface area contributed by atoms with Gasteiger partial charge in [0.05, 0.1) is 6.10 Å². The Morgan fingerprint density at radius 3 is 2.68 bits per heavy atom. The van der Waals surface area contributed by atoms with Crippen LogP contribution in [-0.2, 0) is 9.53 Å². The van der Waals surface area contributed by atoms with Crippen LogP contribution in [0, 0.1) is 12.8 Å². The van der Waals surface area contributed by atoms with Gasteiger partial charge in [0.25, 0.3) is 0 Å². The monoisotopic (exact) mass is 264 g/mol. The lowest BCUT2D eigenvalue weighted by Gasteiger charge is -2.15. The van der Waals surface area contributed by atoms with E-state index < -0.39 is 0 Å². The van der Waals surface area contributed by atoms with Gasteiger partial charge in [0, 0.05) is 11.4 Å². The summed E-state index contributed by atoms with van der Waals surface area (Å²) < 4.78 is 5.51. The Balaban J connectivity index is 2.45. The van der Waals surface area contributed by atoms with Crippen LogP contribution in [0.1, 0.15) is 32.8 Å². The van der Waals surface area contributed by atoms with Gasteiger partial charge >= 0.3 is 0 Å². The van der Waals surface area contributed by atoms with E-state index in [0.717, 1.165) is 17.7 Å². The van der Waals surface area contributed by atoms with Gasteiger partial charge in [0.2, 0.25) is 5.91 Å². The number of nitrogens with one attached hydrogen (secondary N) is 1. The van der Waals surface area contributed by atoms with Gasteiger partial charge in [-0.2, -0.15) is 0 Å². The van der Waals surface area contributed by atoms with Crippen LogP contribution in [0.4, 0.5) is 11.4 Å². The number of benzene rings is 1. The minimum absolute atomic E-state index is 0.0716. The molecule has 1 amide bonds. The molecule has 3 N–H and O–H groups in total. The van der Waals surface area contributed by atoms with Crippen LogP contribution in [0.3, 0.4) is 0 Å². The van der Waals surface area contributed by atoms with Crippen LogP contribution >= 0.6 is 0 Å². The van der Waals surface area contributed by atoms with E-state index in [2.05, 4.69) is 19.2 Å². The van der Waals surface area contributed by atoms with E-state index in [4.69, 9.17) is 10.5 Å². The smallest absolute Gasteiger partial charge is 0.250 e. The fraction of sp³-hybridized carbons (Fsp3) is 0.533. The van der Waals surface area contributed by atoms with Crippen LogP contribution in [0.25, 0.3) is 0 Å². The van der Waals surface area contributed by atoms with Crippen molar-refractivity contribution in [2.75, 3.05) is 17.7 Å². The molecule has 0 radical (unpaired) electrons. The Morgan fingerprint density at radius 2 is 2.05 bits per heavy atom. The number of anilines is 2. The molecule has 0 aliphatic carbocycles. The van der Waals surface area contributed by atoms with Crippen LogP contribution in [0.15, 0.2) is 18.2 Å². The molecule has 0 bridgehead atoms. The van der Waals surface area contributed by atoms with Gasteiger partial charge in [-0.05, 0) is 43.9 Å². The molecule has 0 saturated heterocycles. The minimum Gasteiger partial charge on any atom is -0.399 e. The average molecular weight is 264 g/mol. The zero-order valence-corrected chi connectivity index (χ0v) is 12.2. The van der Waals surface area contributed by atoms with Gasteiger partial charge in [0.15, 0.2) is 0 Å². The summed E-state index contributed by atoms with van der Waals surface area (Å²) in [6.07, 6.45) is 1.04. The van der Waals surface area contributed by atoms with E-state index in [0.29, 0.717) is 11.6 Å². The first-order valence-corrected chi connectivity index (χ1v) is 6.66. The molecule has 0 aliphatic rings. The molecule has 4 heteroatoms. The van der Waals surface area contributed by atoms with Gasteiger partial charge < -0.3 is 15.8 Å². The highest BCUT2D eigenvalue weighted by Gasteiger charge is 2.09. The second kappa shape index (κ2) is 7.14. The van der Waals surface area contributed by atoms with E-state index in [1.54, 1.807) is 6.07 Å². The Morgan fingerprint density at radius 1 is 1.37 bits per heavy atom. The highest BCUT2D eigenvalue weighted by molar-refractivity contribution is 5.92. The number of carbonyl (C=O) groups excluding carboxylic acids is 1. The second-order valence-electron chi connectivity index (χ2n) is 5.37. The topological polar surface area (TPSA) is 64.3 Å². The number of hydrogen-bond acceptors (Lipinski definition) is 3. The van der Waals surface area contributed by atoms with Crippen molar-refractivity contribution >= 4 is 17.3 Å². The Labute approximate surface area is 115 Å². The molecule has 1 atom stereocenters. The molecule has 0 fully saturated rings. The average Bonchev–Trinajstić information content (AvgIpc) is 2.30. The molecule has 106 valence electrons. The molecular weight excluding hydrogens is 240 g/mol. The second-order valence-corrected chi connectivity index (χ2v) is 5.37. The summed E-state index contributed by atoms with van der Waals surface area (Å²) in [7, 11) is 0. The predicted molar refractivity (Wildman–Crippen MR) is 79.1 cm³/mol. The van der Waals surface area contributed by atoms with E-state index in [1.165, 1.54) is 0 Å². The summed E-state index contributed by atoms with van der Waals surface area (Å²) >= 11 is 0. The zero-order chi connectivity index (χ0) is 14.4. The first-order valence-electron chi connectivity index (χ1n) is 6.66. The number of aryl methyl sites for hydroxylation is 1. The van der Waals surface area contributed by atoms with Crippen LogP contribution in [-0.4, -0.2) is 18.6 Å². The molecule has 0 saturated carbocycles. The summed E-state index contributed by atoms with van der Waals surface area (Å²) in [5, 5.41) is 2.82. The van der Waals surface area contributed by atoms with Gasteiger partial charge in [-0.25, -0.2) is 0 Å². The fourth-order valence-corrected chi connectivity index (χ4v) is 1.91. The molecule has 1 rings (SSSR count). The number of hydrogen-bond donors (Lipinski definition) is 2. The molecule has 1 aromatic rings. The molecule has 0 aliphatic heterocycles. The lowest BCUT2D eigenvalue weighted by atomic mass is 10.1. The van der Waals surface area contributed by atoms with Crippen LogP contribution < -0.4 is 11.1 Å². The normalized spacial score (nSPS) is 12.5. The van der Waals surface area contributed by atoms with Crippen molar-refractivity contribution in [3.8, 4) is 0 Å². The van der Waals surface area contributed by atoms with Crippen molar-refractivity contribution in [2.45, 2.75) is 40.2 Å². The molecule has 1 unspecified atom stereocenters. The lowest BCUT2D eigenvalue weighted by Crippen LogP contribution is -2.23. The highest BCUT2D eigenvalue weighted by atomic mass is 16.5. The van der Waals surface area contributed by atoms with E-state index in [1.807, 2.05) is 26.0 Å². The Bertz CT molecular complexity index is 430. The molecule has 4 nitrogen and oxygen atoms in total. The summed E-state index contributed by atoms with van der Waals surface area (Å²) in [6, 6.07) is 5.45. The van der Waals surface area contributed by atoms with Crippen molar-refractivity contribution < 1.29 is 9.53 Å². The van der Waals surface area contributed by atoms with E-state index >= 15 is 0 Å². The SMILES string of the molecule is Cc1ccc(N)cc1NC(=O)COC(C)CC(C)C. The standard InChI is InChI=1S/C15H24N2O2/c1-10(2)7-12(4)19-9-15(18)17-14-8-13(16)6-5-11(14)3/h5-6,8,10,12H,7,9,16H2,1-4H3,(H,17,18). The summed E-state index contributed by atoms with van der Waals surface area (Å²) in [5.41, 5.74) is 8.06. The number of carbonyl (C=O) groups is 1. The van der Waals surface area contributed by atoms with E-state index in [9.17, 15) is 4.79 Å². The number of amides is 1. The van der Waals surface area contributed by atoms with Gasteiger partial charge in [-0.3, -0.25) is 4.79 Å². The maximum absolute atomic E-state index is 11.8. The molecule has 1 aromatic carbocycles. The van der Waals surface area contributed by atoms with Crippen LogP contribution in [0.5, 0.6) is 0 Å². The minimum atomic E-state index is -0.149. The molecule has 19 heavy (non-hydrogen) atoms. The van der Waals surface area contributed by atoms with Crippen molar-refractivity contribution in [1.29, 1.82) is 0 Å². The Kier molecular flexibility index (Phi) is 5.83. The number of nitrogens with two attached hydrogens (primary N) is 1. The van der Waals surface area contributed by atoms with Crippen molar-refractivity contribution in [1.82, 2.24) is 0 Å². The molecule has 0 heterocycles. The predicted octanol–water partition coefficient (Wildman–Crippen LogP) is 2.97. The van der Waals surface area contributed by atoms with E-state index in [-0.39, 0.29) is 18.6 Å². The molecule has 0 spiro atoms. The maximum Gasteiger partial charge on any atom is 0.250 e. The molecular formula is C15H24N2O2. The first-order chi connectivity index (χ1) is 8.88. The fourth-order valence-electron chi connectivity index (χ4n) is 1.91. The van der Waals surface area contributed by atoms with Gasteiger partial charge in [-0.15, -0.1) is 0 Å². The lowest BCUT2D eigenvalue weighted by molar-refractivity contribution is -0.122. The summed E-state index contributed by atoms with van der Waals surface area (Å²) in [6.45, 7) is 8.25. The third kappa shape index (κ3) is 5.75. The van der Waals surface area contributed by atoms with Crippen molar-refractivity contribution in [3.63, 3.8) is 0 Å². The molecule has 0 aromatic heterocycles. The van der Waals surface area contributed by atoms with Crippen molar-refractivity contribution in [2.24, 2.45) is 5.92 Å². The van der Waals surface area contributed by atoms with Gasteiger partial charge in [0.1, 0.15) is 6.61 Å². The summed E-state index contributed by atoms with van der Waals surface area (Å²) in [4.78, 5) is 11.8. The first kappa shape index (κ1) is 15.5. The summed E-state index contributed by atoms with van der Waals surface area (Å²) in [5.74, 6) is 0.415. The van der Waals surface area contributed by atoms with Crippen molar-refractivity contribution in [3.05, 3.63) is 23.8 Å². The highest BCUT2D eigenvalue weighted by Crippen LogP contribution is 2.18. The zero-order valence-electron chi connectivity index (χ0n) is 12.2. The number of ether oxygens (including phenoxy) is 1. The number of nitrogen functional groups attached to an aromatic ring is 1. The quantitative estimate of drug-likeness (QED) is 0.776. The van der Waals surface area contributed by atoms with Gasteiger partial charge in [-0.1, -0.05) is 19.9 Å². The Hall–Kier alpha value is -1.55.